The molecule has 0 saturated heterocycles. The fraction of sp³-hybridized carbons (Fsp3) is 0.333. The van der Waals surface area contributed by atoms with E-state index in [2.05, 4.69) is 16.1 Å². The molecule has 1 aromatic rings. The molecule has 0 heterocycles. The van der Waals surface area contributed by atoms with Crippen LogP contribution in [-0.4, -0.2) is 44.0 Å². The Morgan fingerprint density at radius 2 is 1.62 bits per heavy atom. The summed E-state index contributed by atoms with van der Waals surface area (Å²) < 4.78 is 14.1. The van der Waals surface area contributed by atoms with E-state index < -0.39 is 23.5 Å². The number of aliphatic hydroxyl groups is 1. The lowest BCUT2D eigenvalue weighted by Gasteiger charge is -2.29. The molecule has 1 atom stereocenters. The average Bonchev–Trinajstić information content (AvgIpc) is 2.54. The molecular weight excluding hydrogens is 276 g/mol. The lowest BCUT2D eigenvalue weighted by atomic mass is 9.82. The third kappa shape index (κ3) is 3.05. The Kier molecular flexibility index (Phi) is 5.49. The van der Waals surface area contributed by atoms with Crippen LogP contribution < -0.4 is 4.74 Å². The maximum atomic E-state index is 11.9. The summed E-state index contributed by atoms with van der Waals surface area (Å²) in [7, 11) is 3.66. The molecule has 0 saturated carbocycles. The van der Waals surface area contributed by atoms with Gasteiger partial charge in [0.1, 0.15) is 5.75 Å². The fourth-order valence-electron chi connectivity index (χ4n) is 2.01. The zero-order valence-corrected chi connectivity index (χ0v) is 12.2. The van der Waals surface area contributed by atoms with Crippen LogP contribution >= 0.6 is 0 Å². The summed E-state index contributed by atoms with van der Waals surface area (Å²) in [5.41, 5.74) is -2.01. The van der Waals surface area contributed by atoms with Crippen LogP contribution in [0.4, 0.5) is 0 Å². The van der Waals surface area contributed by atoms with Gasteiger partial charge in [-0.3, -0.25) is 0 Å². The highest BCUT2D eigenvalue weighted by molar-refractivity contribution is 6.04. The number of esters is 2. The first kappa shape index (κ1) is 16.7. The van der Waals surface area contributed by atoms with Crippen molar-refractivity contribution < 1.29 is 28.9 Å². The third-order valence-corrected chi connectivity index (χ3v) is 3.15. The Morgan fingerprint density at radius 1 is 1.14 bits per heavy atom. The average molecular weight is 294 g/mol. The van der Waals surface area contributed by atoms with Gasteiger partial charge in [-0.25, -0.2) is 9.59 Å². The van der Waals surface area contributed by atoms with Crippen LogP contribution in [0.2, 0.25) is 0 Å². The van der Waals surface area contributed by atoms with Crippen molar-refractivity contribution in [2.45, 2.75) is 11.5 Å². The van der Waals surface area contributed by atoms with Crippen molar-refractivity contribution in [3.05, 3.63) is 42.5 Å². The van der Waals surface area contributed by atoms with E-state index >= 15 is 0 Å². The second kappa shape index (κ2) is 6.90. The second-order valence-corrected chi connectivity index (χ2v) is 4.24. The van der Waals surface area contributed by atoms with E-state index in [1.165, 1.54) is 13.2 Å². The van der Waals surface area contributed by atoms with Gasteiger partial charge in [-0.1, -0.05) is 18.2 Å². The van der Waals surface area contributed by atoms with E-state index in [-0.39, 0.29) is 0 Å². The Labute approximate surface area is 122 Å². The van der Waals surface area contributed by atoms with Crippen LogP contribution in [-0.2, 0) is 19.1 Å². The normalized spacial score (nSPS) is 12.2. The highest BCUT2D eigenvalue weighted by Gasteiger charge is 2.53. The van der Waals surface area contributed by atoms with Gasteiger partial charge in [0.15, 0.2) is 0 Å². The molecule has 6 heteroatoms. The minimum atomic E-state index is -2.50. The maximum absolute atomic E-state index is 11.9. The molecule has 21 heavy (non-hydrogen) atoms. The van der Waals surface area contributed by atoms with Gasteiger partial charge in [0, 0.05) is 0 Å². The van der Waals surface area contributed by atoms with E-state index in [0.717, 1.165) is 14.2 Å². The van der Waals surface area contributed by atoms with Crippen molar-refractivity contribution in [1.29, 1.82) is 0 Å². The highest BCUT2D eigenvalue weighted by atomic mass is 16.6. The number of hydrogen-bond donors (Lipinski definition) is 1. The first-order valence-electron chi connectivity index (χ1n) is 6.11. The molecule has 0 bridgehead atoms. The van der Waals surface area contributed by atoms with Crippen molar-refractivity contribution >= 4 is 11.9 Å². The quantitative estimate of drug-likeness (QED) is 0.479. The van der Waals surface area contributed by atoms with Crippen LogP contribution in [0.5, 0.6) is 5.75 Å². The smallest absolute Gasteiger partial charge is 0.350 e. The summed E-state index contributed by atoms with van der Waals surface area (Å²) in [6.07, 6.45) is 1.29. The number of carbonyl (C=O) groups is 2. The predicted octanol–water partition coefficient (Wildman–Crippen LogP) is 1.04. The molecule has 1 rings (SSSR count). The molecular formula is C15H18O6. The summed E-state index contributed by atoms with van der Waals surface area (Å²) in [5, 5.41) is 10.5. The molecule has 0 aromatic heterocycles. The van der Waals surface area contributed by atoms with Crippen molar-refractivity contribution in [2.24, 2.45) is 0 Å². The van der Waals surface area contributed by atoms with Crippen LogP contribution in [0, 0.1) is 0 Å². The molecule has 0 fully saturated rings. The van der Waals surface area contributed by atoms with Crippen LogP contribution in [0.25, 0.3) is 0 Å². The van der Waals surface area contributed by atoms with Gasteiger partial charge < -0.3 is 19.3 Å². The molecule has 0 unspecified atom stereocenters. The van der Waals surface area contributed by atoms with Gasteiger partial charge >= 0.3 is 11.9 Å². The standard InChI is InChI=1S/C15H18O6/c1-5-12(10-6-8-11(19-2)9-7-10)15(18,13(16)20-3)14(17)21-4/h5-9,12,18H,1H2,2-4H3/t12-/m1/s1. The first-order valence-corrected chi connectivity index (χ1v) is 6.11. The minimum absolute atomic E-state index is 0.490. The largest absolute Gasteiger partial charge is 0.497 e. The van der Waals surface area contributed by atoms with Crippen LogP contribution in [0.1, 0.15) is 11.5 Å². The third-order valence-electron chi connectivity index (χ3n) is 3.15. The van der Waals surface area contributed by atoms with Gasteiger partial charge in [0.25, 0.3) is 5.60 Å². The molecule has 0 aliphatic carbocycles. The van der Waals surface area contributed by atoms with Gasteiger partial charge in [0.05, 0.1) is 27.2 Å². The number of methoxy groups -OCH3 is 3. The van der Waals surface area contributed by atoms with Gasteiger partial charge in [-0.05, 0) is 17.7 Å². The predicted molar refractivity (Wildman–Crippen MR) is 74.9 cm³/mol. The van der Waals surface area contributed by atoms with E-state index in [4.69, 9.17) is 4.74 Å². The summed E-state index contributed by atoms with van der Waals surface area (Å²) in [4.78, 5) is 23.8. The molecule has 0 aliphatic heterocycles. The van der Waals surface area contributed by atoms with E-state index in [0.29, 0.717) is 11.3 Å². The van der Waals surface area contributed by atoms with Crippen LogP contribution in [0.3, 0.4) is 0 Å². The summed E-state index contributed by atoms with van der Waals surface area (Å²) >= 11 is 0. The molecule has 1 N–H and O–H groups in total. The molecule has 114 valence electrons. The Hall–Kier alpha value is -2.34. The summed E-state index contributed by atoms with van der Waals surface area (Å²) in [5.74, 6) is -2.66. The van der Waals surface area contributed by atoms with E-state index in [1.54, 1.807) is 24.3 Å². The molecule has 6 nitrogen and oxygen atoms in total. The van der Waals surface area contributed by atoms with Gasteiger partial charge in [-0.15, -0.1) is 6.58 Å². The maximum Gasteiger partial charge on any atom is 0.350 e. The van der Waals surface area contributed by atoms with E-state index in [1.807, 2.05) is 0 Å². The Bertz CT molecular complexity index is 503. The zero-order valence-electron chi connectivity index (χ0n) is 12.2. The number of benzene rings is 1. The zero-order chi connectivity index (χ0) is 16.0. The number of rotatable bonds is 6. The first-order chi connectivity index (χ1) is 9.95. The number of carbonyl (C=O) groups excluding carboxylic acids is 2. The summed E-state index contributed by atoms with van der Waals surface area (Å²) in [6.45, 7) is 3.57. The van der Waals surface area contributed by atoms with Crippen molar-refractivity contribution in [3.63, 3.8) is 0 Å². The number of hydrogen-bond acceptors (Lipinski definition) is 6. The Balaban J connectivity index is 3.33. The lowest BCUT2D eigenvalue weighted by molar-refractivity contribution is -0.181. The molecule has 0 spiro atoms. The summed E-state index contributed by atoms with van der Waals surface area (Å²) in [6, 6.07) is 6.51. The van der Waals surface area contributed by atoms with Crippen LogP contribution in [0.15, 0.2) is 36.9 Å². The Morgan fingerprint density at radius 3 is 1.95 bits per heavy atom. The minimum Gasteiger partial charge on any atom is -0.497 e. The second-order valence-electron chi connectivity index (χ2n) is 4.24. The topological polar surface area (TPSA) is 82.1 Å². The fourth-order valence-corrected chi connectivity index (χ4v) is 2.01. The molecule has 1 aromatic carbocycles. The highest BCUT2D eigenvalue weighted by Crippen LogP contribution is 2.33. The molecule has 0 radical (unpaired) electrons. The molecule has 0 aliphatic rings. The van der Waals surface area contributed by atoms with E-state index in [9.17, 15) is 14.7 Å². The number of ether oxygens (including phenoxy) is 3. The SMILES string of the molecule is C=C[C@H](c1ccc(OC)cc1)C(O)(C(=O)OC)C(=O)OC. The van der Waals surface area contributed by atoms with Crippen molar-refractivity contribution in [1.82, 2.24) is 0 Å². The van der Waals surface area contributed by atoms with Crippen molar-refractivity contribution in [3.8, 4) is 5.75 Å². The van der Waals surface area contributed by atoms with Gasteiger partial charge in [-0.2, -0.15) is 0 Å². The lowest BCUT2D eigenvalue weighted by Crippen LogP contribution is -2.52. The van der Waals surface area contributed by atoms with Gasteiger partial charge in [0.2, 0.25) is 0 Å². The molecule has 0 amide bonds. The monoisotopic (exact) mass is 294 g/mol. The van der Waals surface area contributed by atoms with Crippen molar-refractivity contribution in [2.75, 3.05) is 21.3 Å².